The quantitative estimate of drug-likeness (QED) is 0.462. The molecule has 0 spiro atoms. The Morgan fingerprint density at radius 2 is 1.13 bits per heavy atom. The molecule has 0 saturated carbocycles. The standard InChI is InChI=1S/C28H26O3/c1-19(21-5-13-25(29)14-6-21)20-3-7-22(8-4-20)28(2,23-9-15-26(30)16-10-23)24-11-17-27(31)18-12-24/h3,5-18,29-31H,4H2,1-2H3. The van der Waals surface area contributed by atoms with Crippen LogP contribution >= 0.6 is 0 Å². The maximum absolute atomic E-state index is 9.78. The molecule has 156 valence electrons. The van der Waals surface area contributed by atoms with E-state index < -0.39 is 5.41 Å². The molecule has 0 radical (unpaired) electrons. The average molecular weight is 411 g/mol. The molecule has 31 heavy (non-hydrogen) atoms. The van der Waals surface area contributed by atoms with Crippen LogP contribution in [0.1, 0.15) is 37.0 Å². The third-order valence-corrected chi connectivity index (χ3v) is 6.25. The monoisotopic (exact) mass is 410 g/mol. The summed E-state index contributed by atoms with van der Waals surface area (Å²) < 4.78 is 0. The number of aromatic hydroxyl groups is 3. The number of phenolic OH excluding ortho intramolecular Hbond substituents is 3. The van der Waals surface area contributed by atoms with E-state index in [9.17, 15) is 15.3 Å². The van der Waals surface area contributed by atoms with Crippen LogP contribution in [0.3, 0.4) is 0 Å². The minimum absolute atomic E-state index is 0.236. The van der Waals surface area contributed by atoms with Gasteiger partial charge in [0.05, 0.1) is 0 Å². The van der Waals surface area contributed by atoms with E-state index in [0.717, 1.165) is 28.7 Å². The molecule has 3 aromatic carbocycles. The molecule has 3 N–H and O–H groups in total. The highest BCUT2D eigenvalue weighted by atomic mass is 16.3. The number of hydrogen-bond acceptors (Lipinski definition) is 3. The normalized spacial score (nSPS) is 15.5. The molecular weight excluding hydrogens is 384 g/mol. The molecule has 1 aliphatic rings. The number of phenols is 3. The average Bonchev–Trinajstić information content (AvgIpc) is 2.80. The predicted octanol–water partition coefficient (Wildman–Crippen LogP) is 6.47. The first-order chi connectivity index (χ1) is 14.9. The number of benzene rings is 3. The Kier molecular flexibility index (Phi) is 5.43. The fourth-order valence-corrected chi connectivity index (χ4v) is 4.18. The van der Waals surface area contributed by atoms with Gasteiger partial charge in [-0.3, -0.25) is 0 Å². The first-order valence-corrected chi connectivity index (χ1v) is 10.3. The molecule has 3 nitrogen and oxygen atoms in total. The summed E-state index contributed by atoms with van der Waals surface area (Å²) in [5.74, 6) is 0.737. The minimum Gasteiger partial charge on any atom is -0.508 e. The Labute approximate surface area is 183 Å². The lowest BCUT2D eigenvalue weighted by atomic mass is 9.69. The van der Waals surface area contributed by atoms with E-state index in [1.807, 2.05) is 36.4 Å². The van der Waals surface area contributed by atoms with E-state index in [1.165, 1.54) is 11.1 Å². The zero-order chi connectivity index (χ0) is 22.0. The van der Waals surface area contributed by atoms with Gasteiger partial charge in [-0.1, -0.05) is 54.6 Å². The summed E-state index contributed by atoms with van der Waals surface area (Å²) in [7, 11) is 0. The van der Waals surface area contributed by atoms with Crippen molar-refractivity contribution in [1.29, 1.82) is 0 Å². The molecule has 3 aromatic rings. The van der Waals surface area contributed by atoms with Crippen LogP contribution < -0.4 is 0 Å². The summed E-state index contributed by atoms with van der Waals surface area (Å²) in [5, 5.41) is 29.1. The second-order valence-electron chi connectivity index (χ2n) is 8.11. The second kappa shape index (κ2) is 8.19. The number of rotatable bonds is 4. The van der Waals surface area contributed by atoms with Gasteiger partial charge in [-0.25, -0.2) is 0 Å². The van der Waals surface area contributed by atoms with Gasteiger partial charge < -0.3 is 15.3 Å². The molecule has 0 fully saturated rings. The Hall–Kier alpha value is -3.72. The second-order valence-corrected chi connectivity index (χ2v) is 8.11. The van der Waals surface area contributed by atoms with Crippen molar-refractivity contribution >= 4 is 5.57 Å². The highest BCUT2D eigenvalue weighted by Gasteiger charge is 2.33. The van der Waals surface area contributed by atoms with Crippen LogP contribution in [0.2, 0.25) is 0 Å². The van der Waals surface area contributed by atoms with E-state index in [1.54, 1.807) is 36.4 Å². The van der Waals surface area contributed by atoms with Crippen molar-refractivity contribution in [3.8, 4) is 17.2 Å². The summed E-state index contributed by atoms with van der Waals surface area (Å²) in [5.41, 5.74) is 6.36. The molecule has 0 unspecified atom stereocenters. The Morgan fingerprint density at radius 3 is 1.55 bits per heavy atom. The van der Waals surface area contributed by atoms with Crippen LogP contribution in [0.4, 0.5) is 0 Å². The van der Waals surface area contributed by atoms with Crippen molar-refractivity contribution in [2.24, 2.45) is 0 Å². The van der Waals surface area contributed by atoms with Crippen LogP contribution in [0.15, 0.2) is 102 Å². The van der Waals surface area contributed by atoms with Crippen molar-refractivity contribution < 1.29 is 15.3 Å². The van der Waals surface area contributed by atoms with E-state index in [2.05, 4.69) is 32.1 Å². The predicted molar refractivity (Wildman–Crippen MR) is 125 cm³/mol. The molecule has 0 aliphatic heterocycles. The van der Waals surface area contributed by atoms with Gasteiger partial charge in [0.2, 0.25) is 0 Å². The lowest BCUT2D eigenvalue weighted by Crippen LogP contribution is -2.26. The fraction of sp³-hybridized carbons (Fsp3) is 0.143. The van der Waals surface area contributed by atoms with Gasteiger partial charge in [-0.15, -0.1) is 0 Å². The Morgan fingerprint density at radius 1 is 0.677 bits per heavy atom. The molecule has 0 amide bonds. The molecule has 0 atom stereocenters. The number of hydrogen-bond donors (Lipinski definition) is 3. The lowest BCUT2D eigenvalue weighted by molar-refractivity contribution is 0.474. The first-order valence-electron chi connectivity index (χ1n) is 10.3. The van der Waals surface area contributed by atoms with Crippen molar-refractivity contribution in [2.45, 2.75) is 25.7 Å². The van der Waals surface area contributed by atoms with Gasteiger partial charge in [-0.2, -0.15) is 0 Å². The van der Waals surface area contributed by atoms with Crippen molar-refractivity contribution in [1.82, 2.24) is 0 Å². The summed E-state index contributed by atoms with van der Waals surface area (Å²) in [6.07, 6.45) is 7.36. The van der Waals surface area contributed by atoms with E-state index >= 15 is 0 Å². The first kappa shape index (κ1) is 20.5. The van der Waals surface area contributed by atoms with Crippen molar-refractivity contribution in [3.05, 3.63) is 119 Å². The third-order valence-electron chi connectivity index (χ3n) is 6.25. The van der Waals surface area contributed by atoms with Crippen LogP contribution in [0.5, 0.6) is 17.2 Å². The zero-order valence-electron chi connectivity index (χ0n) is 17.7. The Bertz CT molecular complexity index is 1120. The molecule has 0 heterocycles. The van der Waals surface area contributed by atoms with Crippen molar-refractivity contribution in [2.75, 3.05) is 0 Å². The van der Waals surface area contributed by atoms with E-state index in [4.69, 9.17) is 0 Å². The fourth-order valence-electron chi connectivity index (χ4n) is 4.18. The molecule has 1 aliphatic carbocycles. The third kappa shape index (κ3) is 3.99. The van der Waals surface area contributed by atoms with Crippen molar-refractivity contribution in [3.63, 3.8) is 0 Å². The van der Waals surface area contributed by atoms with Gasteiger partial charge >= 0.3 is 0 Å². The highest BCUT2D eigenvalue weighted by Crippen LogP contribution is 2.42. The van der Waals surface area contributed by atoms with Gasteiger partial charge in [-0.05, 0) is 90.1 Å². The summed E-state index contributed by atoms with van der Waals surface area (Å²) >= 11 is 0. The van der Waals surface area contributed by atoms with Gasteiger partial charge in [0.15, 0.2) is 0 Å². The van der Waals surface area contributed by atoms with Crippen LogP contribution in [0, 0.1) is 0 Å². The molecule has 0 saturated heterocycles. The van der Waals surface area contributed by atoms with E-state index in [0.29, 0.717) is 0 Å². The zero-order valence-corrected chi connectivity index (χ0v) is 17.7. The molecule has 0 bridgehead atoms. The smallest absolute Gasteiger partial charge is 0.115 e. The maximum Gasteiger partial charge on any atom is 0.115 e. The summed E-state index contributed by atoms with van der Waals surface area (Å²) in [6, 6.07) is 21.9. The summed E-state index contributed by atoms with van der Waals surface area (Å²) in [6.45, 7) is 4.27. The SMILES string of the molecule is CC(=C1C=CC(C(C)(c2ccc(O)cc2)c2ccc(O)cc2)=CC1)c1ccc(O)cc1. The topological polar surface area (TPSA) is 60.7 Å². The van der Waals surface area contributed by atoms with Gasteiger partial charge in [0.25, 0.3) is 0 Å². The Balaban J connectivity index is 1.74. The maximum atomic E-state index is 9.78. The lowest BCUT2D eigenvalue weighted by Gasteiger charge is -2.34. The molecule has 0 aromatic heterocycles. The van der Waals surface area contributed by atoms with Gasteiger partial charge in [0, 0.05) is 5.41 Å². The van der Waals surface area contributed by atoms with Gasteiger partial charge in [0.1, 0.15) is 17.2 Å². The van der Waals surface area contributed by atoms with Crippen LogP contribution in [0.25, 0.3) is 5.57 Å². The molecular formula is C28H26O3. The van der Waals surface area contributed by atoms with E-state index in [-0.39, 0.29) is 17.2 Å². The molecule has 4 rings (SSSR count). The van der Waals surface area contributed by atoms with Crippen LogP contribution in [-0.4, -0.2) is 15.3 Å². The summed E-state index contributed by atoms with van der Waals surface area (Å²) in [4.78, 5) is 0. The minimum atomic E-state index is -0.435. The number of allylic oxidation sites excluding steroid dienone is 6. The largest absolute Gasteiger partial charge is 0.508 e. The van der Waals surface area contributed by atoms with Crippen LogP contribution in [-0.2, 0) is 5.41 Å². The highest BCUT2D eigenvalue weighted by molar-refractivity contribution is 5.71. The molecule has 3 heteroatoms.